The van der Waals surface area contributed by atoms with Crippen LogP contribution >= 0.6 is 15.9 Å². The molecule has 100 valence electrons. The lowest BCUT2D eigenvalue weighted by atomic mass is 9.89. The van der Waals surface area contributed by atoms with Crippen molar-refractivity contribution in [2.75, 3.05) is 13.6 Å². The molecule has 1 aliphatic rings. The Kier molecular flexibility index (Phi) is 5.07. The van der Waals surface area contributed by atoms with Crippen molar-refractivity contribution in [1.29, 1.82) is 0 Å². The van der Waals surface area contributed by atoms with Gasteiger partial charge in [-0.25, -0.2) is 0 Å². The van der Waals surface area contributed by atoms with Crippen LogP contribution in [0.5, 0.6) is 5.75 Å². The topological polar surface area (TPSA) is 23.5 Å². The first-order chi connectivity index (χ1) is 8.65. The highest BCUT2D eigenvalue weighted by Crippen LogP contribution is 2.26. The van der Waals surface area contributed by atoms with E-state index in [1.807, 2.05) is 12.1 Å². The lowest BCUT2D eigenvalue weighted by Crippen LogP contribution is -2.26. The molecule has 0 spiro atoms. The Hall–Kier alpha value is -0.540. The number of rotatable bonds is 4. The Morgan fingerprint density at radius 3 is 2.72 bits per heavy atom. The highest BCUT2D eigenvalue weighted by molar-refractivity contribution is 9.10. The first-order valence-electron chi connectivity index (χ1n) is 6.81. The SMILES string of the molecule is CN(Cc1cc(O)ccc1Br)CC1CCCCC1. The van der Waals surface area contributed by atoms with E-state index >= 15 is 0 Å². The summed E-state index contributed by atoms with van der Waals surface area (Å²) >= 11 is 3.55. The monoisotopic (exact) mass is 311 g/mol. The van der Waals surface area contributed by atoms with Crippen molar-refractivity contribution in [3.05, 3.63) is 28.2 Å². The summed E-state index contributed by atoms with van der Waals surface area (Å²) in [5.74, 6) is 1.21. The van der Waals surface area contributed by atoms with Crippen LogP contribution in [-0.4, -0.2) is 23.6 Å². The summed E-state index contributed by atoms with van der Waals surface area (Å²) in [4.78, 5) is 2.37. The quantitative estimate of drug-likeness (QED) is 0.902. The van der Waals surface area contributed by atoms with Gasteiger partial charge in [0.2, 0.25) is 0 Å². The van der Waals surface area contributed by atoms with E-state index in [9.17, 15) is 5.11 Å². The Bertz CT molecular complexity index is 388. The first kappa shape index (κ1) is 13.9. The third kappa shape index (κ3) is 3.99. The third-order valence-electron chi connectivity index (χ3n) is 3.76. The van der Waals surface area contributed by atoms with Crippen LogP contribution in [0, 0.1) is 5.92 Å². The second-order valence-electron chi connectivity index (χ2n) is 5.48. The molecule has 0 radical (unpaired) electrons. The van der Waals surface area contributed by atoms with Crippen LogP contribution < -0.4 is 0 Å². The smallest absolute Gasteiger partial charge is 0.115 e. The molecule has 0 bridgehead atoms. The Labute approximate surface area is 118 Å². The second-order valence-corrected chi connectivity index (χ2v) is 6.33. The standard InChI is InChI=1S/C15H22BrNO/c1-17(10-12-5-3-2-4-6-12)11-13-9-14(18)7-8-15(13)16/h7-9,12,18H,2-6,10-11H2,1H3. The van der Waals surface area contributed by atoms with E-state index in [2.05, 4.69) is 27.9 Å². The van der Waals surface area contributed by atoms with Gasteiger partial charge in [-0.2, -0.15) is 0 Å². The zero-order valence-corrected chi connectivity index (χ0v) is 12.6. The summed E-state index contributed by atoms with van der Waals surface area (Å²) in [5, 5.41) is 9.53. The average molecular weight is 312 g/mol. The second kappa shape index (κ2) is 6.58. The molecule has 1 aromatic rings. The van der Waals surface area contributed by atoms with Crippen LogP contribution in [0.1, 0.15) is 37.7 Å². The fraction of sp³-hybridized carbons (Fsp3) is 0.600. The Morgan fingerprint density at radius 1 is 1.28 bits per heavy atom. The summed E-state index contributed by atoms with van der Waals surface area (Å²) in [7, 11) is 2.17. The molecule has 18 heavy (non-hydrogen) atoms. The summed E-state index contributed by atoms with van der Waals surface area (Å²) in [5.41, 5.74) is 1.16. The fourth-order valence-electron chi connectivity index (χ4n) is 2.85. The molecule has 0 unspecified atom stereocenters. The predicted octanol–water partition coefficient (Wildman–Crippen LogP) is 4.17. The van der Waals surface area contributed by atoms with Gasteiger partial charge in [0.25, 0.3) is 0 Å². The molecule has 1 fully saturated rings. The van der Waals surface area contributed by atoms with E-state index < -0.39 is 0 Å². The Balaban J connectivity index is 1.89. The van der Waals surface area contributed by atoms with Gasteiger partial charge in [-0.1, -0.05) is 35.2 Å². The maximum absolute atomic E-state index is 9.53. The number of halogens is 1. The van der Waals surface area contributed by atoms with Gasteiger partial charge in [0, 0.05) is 17.6 Å². The maximum atomic E-state index is 9.53. The molecule has 0 heterocycles. The van der Waals surface area contributed by atoms with Gasteiger partial charge in [0.15, 0.2) is 0 Å². The number of nitrogens with zero attached hydrogens (tertiary/aromatic N) is 1. The lowest BCUT2D eigenvalue weighted by Gasteiger charge is -2.27. The van der Waals surface area contributed by atoms with E-state index in [0.29, 0.717) is 5.75 Å². The van der Waals surface area contributed by atoms with E-state index in [1.54, 1.807) is 6.07 Å². The van der Waals surface area contributed by atoms with Crippen LogP contribution in [0.4, 0.5) is 0 Å². The molecular weight excluding hydrogens is 290 g/mol. The van der Waals surface area contributed by atoms with Crippen molar-refractivity contribution in [2.45, 2.75) is 38.6 Å². The van der Waals surface area contributed by atoms with Gasteiger partial charge in [-0.15, -0.1) is 0 Å². The molecule has 0 aromatic heterocycles. The average Bonchev–Trinajstić information content (AvgIpc) is 2.35. The largest absolute Gasteiger partial charge is 0.508 e. The zero-order valence-electron chi connectivity index (χ0n) is 11.0. The van der Waals surface area contributed by atoms with Gasteiger partial charge < -0.3 is 10.0 Å². The van der Waals surface area contributed by atoms with Crippen molar-refractivity contribution in [3.63, 3.8) is 0 Å². The van der Waals surface area contributed by atoms with Crippen molar-refractivity contribution >= 4 is 15.9 Å². The molecule has 1 N–H and O–H groups in total. The molecule has 0 saturated heterocycles. The zero-order chi connectivity index (χ0) is 13.0. The summed E-state index contributed by atoms with van der Waals surface area (Å²) in [6.45, 7) is 2.06. The minimum Gasteiger partial charge on any atom is -0.508 e. The number of benzene rings is 1. The van der Waals surface area contributed by atoms with Crippen molar-refractivity contribution in [3.8, 4) is 5.75 Å². The molecule has 3 heteroatoms. The molecule has 1 saturated carbocycles. The van der Waals surface area contributed by atoms with E-state index in [1.165, 1.54) is 38.6 Å². The molecule has 1 aliphatic carbocycles. The van der Waals surface area contributed by atoms with E-state index in [4.69, 9.17) is 0 Å². The van der Waals surface area contributed by atoms with Gasteiger partial charge >= 0.3 is 0 Å². The normalized spacial score (nSPS) is 17.3. The van der Waals surface area contributed by atoms with Crippen LogP contribution in [-0.2, 0) is 6.54 Å². The van der Waals surface area contributed by atoms with Crippen LogP contribution in [0.3, 0.4) is 0 Å². The van der Waals surface area contributed by atoms with E-state index in [0.717, 1.165) is 22.5 Å². The maximum Gasteiger partial charge on any atom is 0.115 e. The summed E-state index contributed by atoms with van der Waals surface area (Å²) in [6, 6.07) is 5.48. The number of hydrogen-bond acceptors (Lipinski definition) is 2. The molecule has 2 rings (SSSR count). The first-order valence-corrected chi connectivity index (χ1v) is 7.60. The van der Waals surface area contributed by atoms with Crippen molar-refractivity contribution in [2.24, 2.45) is 5.92 Å². The molecule has 1 aromatic carbocycles. The molecule has 0 aliphatic heterocycles. The predicted molar refractivity (Wildman–Crippen MR) is 78.7 cm³/mol. The fourth-order valence-corrected chi connectivity index (χ4v) is 3.22. The lowest BCUT2D eigenvalue weighted by molar-refractivity contribution is 0.227. The highest BCUT2D eigenvalue weighted by Gasteiger charge is 2.16. The van der Waals surface area contributed by atoms with Gasteiger partial charge in [-0.05, 0) is 49.6 Å². The summed E-state index contributed by atoms with van der Waals surface area (Å²) in [6.07, 6.45) is 6.97. The van der Waals surface area contributed by atoms with Crippen molar-refractivity contribution < 1.29 is 5.11 Å². The minimum absolute atomic E-state index is 0.347. The van der Waals surface area contributed by atoms with Crippen LogP contribution in [0.15, 0.2) is 22.7 Å². The van der Waals surface area contributed by atoms with Crippen molar-refractivity contribution in [1.82, 2.24) is 4.90 Å². The number of phenols is 1. The van der Waals surface area contributed by atoms with Gasteiger partial charge in [-0.3, -0.25) is 0 Å². The summed E-state index contributed by atoms with van der Waals surface area (Å²) < 4.78 is 1.08. The van der Waals surface area contributed by atoms with E-state index in [-0.39, 0.29) is 0 Å². The van der Waals surface area contributed by atoms with Gasteiger partial charge in [0.1, 0.15) is 5.75 Å². The molecule has 2 nitrogen and oxygen atoms in total. The number of phenolic OH excluding ortho intramolecular Hbond substituents is 1. The molecule has 0 amide bonds. The highest BCUT2D eigenvalue weighted by atomic mass is 79.9. The van der Waals surface area contributed by atoms with Crippen LogP contribution in [0.25, 0.3) is 0 Å². The third-order valence-corrected chi connectivity index (χ3v) is 4.54. The molecular formula is C15H22BrNO. The van der Waals surface area contributed by atoms with Gasteiger partial charge in [0.05, 0.1) is 0 Å². The number of hydrogen-bond donors (Lipinski definition) is 1. The number of aromatic hydroxyl groups is 1. The molecule has 0 atom stereocenters. The van der Waals surface area contributed by atoms with Crippen LogP contribution in [0.2, 0.25) is 0 Å². The minimum atomic E-state index is 0.347. The Morgan fingerprint density at radius 2 is 2.00 bits per heavy atom.